The van der Waals surface area contributed by atoms with Crippen LogP contribution >= 0.6 is 11.8 Å². The number of hydrogen-bond acceptors (Lipinski definition) is 13. The highest BCUT2D eigenvalue weighted by atomic mass is 32.2. The van der Waals surface area contributed by atoms with Crippen molar-refractivity contribution in [2.45, 2.75) is 131 Å². The largest absolute Gasteiger partial charge is 0.490 e. The molecule has 7 atom stereocenters. The van der Waals surface area contributed by atoms with Crippen molar-refractivity contribution in [2.75, 3.05) is 64.8 Å². The van der Waals surface area contributed by atoms with Crippen molar-refractivity contribution in [1.82, 2.24) is 20.4 Å². The Labute approximate surface area is 342 Å². The number of amides is 2. The van der Waals surface area contributed by atoms with Crippen LogP contribution in [0.2, 0.25) is 0 Å². The van der Waals surface area contributed by atoms with Crippen LogP contribution in [0, 0.1) is 23.2 Å². The molecule has 2 unspecified atom stereocenters. The van der Waals surface area contributed by atoms with Crippen LogP contribution in [0.4, 0.5) is 4.79 Å². The molecule has 0 radical (unpaired) electrons. The van der Waals surface area contributed by atoms with Gasteiger partial charge in [-0.15, -0.1) is 0 Å². The summed E-state index contributed by atoms with van der Waals surface area (Å²) < 4.78 is 11.3. The third-order valence-corrected chi connectivity index (χ3v) is 13.9. The number of alkyl carbamates (subject to hydrolysis) is 1. The van der Waals surface area contributed by atoms with Gasteiger partial charge in [-0.25, -0.2) is 4.79 Å². The molecule has 6 rings (SSSR count). The van der Waals surface area contributed by atoms with Crippen molar-refractivity contribution in [2.24, 2.45) is 11.8 Å². The number of ether oxygens (including phenoxy) is 2. The van der Waals surface area contributed by atoms with Gasteiger partial charge in [-0.3, -0.25) is 4.79 Å². The van der Waals surface area contributed by atoms with Crippen LogP contribution in [0.15, 0.2) is 24.3 Å². The summed E-state index contributed by atoms with van der Waals surface area (Å²) in [7, 11) is 0. The molecule has 1 aliphatic heterocycles. The fraction of sp³-hybridized carbons (Fsp3) is 0.786. The Morgan fingerprint density at radius 1 is 1.02 bits per heavy atom. The molecule has 15 heteroatoms. The quantitative estimate of drug-likeness (QED) is 0.0710. The molecule has 5 aliphatic rings. The fourth-order valence-electron chi connectivity index (χ4n) is 9.92. The Hall–Kier alpha value is -2.68. The van der Waals surface area contributed by atoms with Crippen LogP contribution in [0.1, 0.15) is 89.5 Å². The number of aliphatic hydroxyl groups excluding tert-OH is 5. The monoisotopic (exact) mass is 817 g/mol. The van der Waals surface area contributed by atoms with Gasteiger partial charge in [0.05, 0.1) is 25.3 Å². The van der Waals surface area contributed by atoms with E-state index in [4.69, 9.17) is 14.6 Å². The molecule has 1 aromatic carbocycles. The summed E-state index contributed by atoms with van der Waals surface area (Å²) in [6.07, 6.45) is 6.91. The molecule has 7 N–H and O–H groups in total. The van der Waals surface area contributed by atoms with E-state index in [-0.39, 0.29) is 42.0 Å². The number of carbonyl (C=O) groups excluding carboxylic acids is 2. The second-order valence-corrected chi connectivity index (χ2v) is 18.5. The van der Waals surface area contributed by atoms with E-state index < -0.39 is 37.1 Å². The second-order valence-electron chi connectivity index (χ2n) is 17.0. The molecule has 57 heavy (non-hydrogen) atoms. The van der Waals surface area contributed by atoms with Crippen LogP contribution in [-0.4, -0.2) is 153 Å². The molecule has 1 saturated heterocycles. The van der Waals surface area contributed by atoms with Crippen molar-refractivity contribution in [3.05, 3.63) is 29.8 Å². The molecular formula is C42H67N5O9S. The highest BCUT2D eigenvalue weighted by Crippen LogP contribution is 2.62. The molecule has 14 nitrogen and oxygen atoms in total. The number of aliphatic hydroxyl groups is 5. The van der Waals surface area contributed by atoms with Gasteiger partial charge in [0.2, 0.25) is 5.91 Å². The van der Waals surface area contributed by atoms with Crippen LogP contribution in [0.3, 0.4) is 0 Å². The summed E-state index contributed by atoms with van der Waals surface area (Å²) in [5.41, 5.74) is 1.04. The van der Waals surface area contributed by atoms with Gasteiger partial charge in [-0.2, -0.15) is 17.0 Å². The molecule has 0 aromatic heterocycles. The summed E-state index contributed by atoms with van der Waals surface area (Å²) in [6, 6.07) is 9.64. The van der Waals surface area contributed by atoms with E-state index in [0.29, 0.717) is 56.7 Å². The highest BCUT2D eigenvalue weighted by Gasteiger charge is 2.57. The number of carbonyl (C=O) groups is 2. The number of benzene rings is 1. The summed E-state index contributed by atoms with van der Waals surface area (Å²) in [5, 5.41) is 65.7. The molecule has 1 aromatic rings. The van der Waals surface area contributed by atoms with Gasteiger partial charge in [0.15, 0.2) is 0 Å². The summed E-state index contributed by atoms with van der Waals surface area (Å²) >= 11 is 1.96. The van der Waals surface area contributed by atoms with Gasteiger partial charge < -0.3 is 55.4 Å². The third kappa shape index (κ3) is 13.2. The van der Waals surface area contributed by atoms with Crippen molar-refractivity contribution in [3.63, 3.8) is 0 Å². The number of nitriles is 1. The lowest BCUT2D eigenvalue weighted by Crippen LogP contribution is -2.64. The van der Waals surface area contributed by atoms with Crippen molar-refractivity contribution in [3.8, 4) is 11.8 Å². The van der Waals surface area contributed by atoms with Crippen LogP contribution in [0.5, 0.6) is 5.75 Å². The van der Waals surface area contributed by atoms with E-state index in [0.717, 1.165) is 69.1 Å². The third-order valence-electron chi connectivity index (χ3n) is 12.4. The van der Waals surface area contributed by atoms with Gasteiger partial charge in [0.25, 0.3) is 0 Å². The Morgan fingerprint density at radius 2 is 1.75 bits per heavy atom. The smallest absolute Gasteiger partial charge is 0.407 e. The molecule has 320 valence electrons. The van der Waals surface area contributed by atoms with Gasteiger partial charge >= 0.3 is 6.09 Å². The molecule has 4 saturated carbocycles. The summed E-state index contributed by atoms with van der Waals surface area (Å²) in [4.78, 5) is 29.2. The minimum Gasteiger partial charge on any atom is -0.490 e. The van der Waals surface area contributed by atoms with Gasteiger partial charge in [0.1, 0.15) is 43.3 Å². The Bertz CT molecular complexity index is 1440. The first-order valence-electron chi connectivity index (χ1n) is 21.2. The Balaban J connectivity index is 0.969. The molecule has 4 bridgehead atoms. The molecule has 1 heterocycles. The lowest BCUT2D eigenvalue weighted by molar-refractivity contribution is -0.131. The van der Waals surface area contributed by atoms with Crippen molar-refractivity contribution >= 4 is 23.8 Å². The van der Waals surface area contributed by atoms with Gasteiger partial charge in [-0.05, 0) is 100 Å². The Morgan fingerprint density at radius 3 is 2.46 bits per heavy atom. The number of rotatable bonds is 25. The number of hydrogen-bond donors (Lipinski definition) is 7. The van der Waals surface area contributed by atoms with E-state index in [1.165, 1.54) is 19.3 Å². The topological polar surface area (TPSA) is 208 Å². The molecule has 5 fully saturated rings. The van der Waals surface area contributed by atoms with Gasteiger partial charge in [0, 0.05) is 42.2 Å². The van der Waals surface area contributed by atoms with Crippen LogP contribution < -0.4 is 15.4 Å². The first-order valence-corrected chi connectivity index (χ1v) is 22.2. The Kier molecular flexibility index (Phi) is 17.6. The number of likely N-dealkylation sites (tertiary alicyclic amines) is 1. The van der Waals surface area contributed by atoms with Gasteiger partial charge in [-0.1, -0.05) is 38.3 Å². The van der Waals surface area contributed by atoms with E-state index in [9.17, 15) is 35.3 Å². The minimum absolute atomic E-state index is 0.0221. The predicted molar refractivity (Wildman–Crippen MR) is 218 cm³/mol. The maximum atomic E-state index is 13.0. The summed E-state index contributed by atoms with van der Waals surface area (Å²) in [5.74, 6) is 2.81. The standard InChI is InChI=1S/C42H67N5O9S/c1-2-3-4-5-14-46(27-35(49)38(52)39(53)36(50)28-48)16-12-30-8-10-34(11-9-30)55-17-18-56-40(54)44-13-19-57-42-23-31-20-32(24-42)22-41(21-31,29-42)45-26-37(51)47-15-6-7-33(47)25-43/h8-11,31-33,35-36,38-39,45,48-50,52-53H,2-7,12-24,26-29H2,1H3,(H,44,54)/t31?,32?,33-,35-,36+,38+,39+,41?,42?/m0/s1. The average Bonchev–Trinajstić information content (AvgIpc) is 3.69. The summed E-state index contributed by atoms with van der Waals surface area (Å²) in [6.45, 7) is 4.67. The average molecular weight is 818 g/mol. The minimum atomic E-state index is -1.65. The van der Waals surface area contributed by atoms with E-state index in [1.54, 1.807) is 4.90 Å². The van der Waals surface area contributed by atoms with Crippen molar-refractivity contribution in [1.29, 1.82) is 5.26 Å². The SMILES string of the molecule is CCCCCCN(CCc1ccc(OCCOC(=O)NCCSC23CC4CC(CC(NCC(=O)N5CCC[C@H]5C#N)(C4)C2)C3)cc1)C[C@H](O)[C@@H](O)[C@H](O)[C@H](O)CO. The number of nitrogens with one attached hydrogen (secondary N) is 2. The normalized spacial score (nSPS) is 27.2. The molecule has 0 spiro atoms. The first-order chi connectivity index (χ1) is 27.5. The zero-order valence-electron chi connectivity index (χ0n) is 33.7. The zero-order chi connectivity index (χ0) is 40.8. The van der Waals surface area contributed by atoms with Crippen LogP contribution in [0.25, 0.3) is 0 Å². The zero-order valence-corrected chi connectivity index (χ0v) is 34.5. The van der Waals surface area contributed by atoms with Crippen molar-refractivity contribution < 1.29 is 44.6 Å². The highest BCUT2D eigenvalue weighted by molar-refractivity contribution is 8.00. The molecule has 2 amide bonds. The maximum Gasteiger partial charge on any atom is 0.407 e. The maximum absolute atomic E-state index is 13.0. The first kappa shape index (κ1) is 45.4. The molecular weight excluding hydrogens is 751 g/mol. The number of thioether (sulfide) groups is 1. The second kappa shape index (κ2) is 22.1. The fourth-order valence-corrected chi connectivity index (χ4v) is 11.6. The van der Waals surface area contributed by atoms with Crippen LogP contribution in [-0.2, 0) is 16.0 Å². The van der Waals surface area contributed by atoms with E-state index >= 15 is 0 Å². The molecule has 4 aliphatic carbocycles. The lowest BCUT2D eigenvalue weighted by atomic mass is 9.52. The number of unbranched alkanes of at least 4 members (excludes halogenated alkanes) is 3. The lowest BCUT2D eigenvalue weighted by Gasteiger charge is -2.62. The number of nitrogens with zero attached hydrogens (tertiary/aromatic N) is 3. The van der Waals surface area contributed by atoms with E-state index in [1.807, 2.05) is 40.9 Å². The van der Waals surface area contributed by atoms with E-state index in [2.05, 4.69) is 23.6 Å². The predicted octanol–water partition coefficient (Wildman–Crippen LogP) is 2.58.